The summed E-state index contributed by atoms with van der Waals surface area (Å²) in [5.41, 5.74) is 8.35. The SMILES string of the molecule is [CH2]=[Zr]([c]1cccc(Cl)c1)([c]1cccc2ccccc12)([CH]1C=CC=C1)[CH]1c2ccc(C(C)(C)C)cc2-c2cc(C(C)(C)C)ccc21. The fraction of sp³-hybridized carbons (Fsp3) is 0.233. The molecule has 2 aliphatic carbocycles. The Bertz CT molecular complexity index is 2030. The normalized spacial score (nSPS) is 15.6. The molecule has 5 aromatic carbocycles. The minimum atomic E-state index is -4.95. The summed E-state index contributed by atoms with van der Waals surface area (Å²) in [4.78, 5) is 0. The summed E-state index contributed by atoms with van der Waals surface area (Å²) in [7, 11) is 0. The average molecular weight is 686 g/mol. The first-order valence-electron chi connectivity index (χ1n) is 16.2. The molecule has 0 atom stereocenters. The Morgan fingerprint density at radius 2 is 1.18 bits per heavy atom. The third-order valence-electron chi connectivity index (χ3n) is 10.9. The van der Waals surface area contributed by atoms with Crippen LogP contribution in [0.3, 0.4) is 0 Å². The summed E-state index contributed by atoms with van der Waals surface area (Å²) in [6.07, 6.45) is 9.35. The standard InChI is InChI=1S/C21H25.C10H7.C6H4Cl.C5H5.CH2.Zr/c1-20(2,3)16-9-7-14-11-15-8-10-17(21(4,5)6)13-19(15)18(14)12-16;1-2-6-10-8-4-3-7-9(10)5-1;7-6-4-2-1-3-5-6;1-2-4-5-3-1;;/h7-13H,1-6H3;1-7H;1-2,4-5H;1-5H;1H2;. The van der Waals surface area contributed by atoms with E-state index < -0.39 is 18.3 Å². The Morgan fingerprint density at radius 3 is 1.76 bits per heavy atom. The molecule has 0 aliphatic heterocycles. The molecule has 0 bridgehead atoms. The molecule has 0 spiro atoms. The van der Waals surface area contributed by atoms with E-state index in [9.17, 15) is 0 Å². The molecule has 0 aromatic heterocycles. The van der Waals surface area contributed by atoms with E-state index in [2.05, 4.69) is 163 Å². The summed E-state index contributed by atoms with van der Waals surface area (Å²) in [6.45, 7) is 13.9. The van der Waals surface area contributed by atoms with Gasteiger partial charge < -0.3 is 0 Å². The minimum absolute atomic E-state index is 0.0386. The van der Waals surface area contributed by atoms with Gasteiger partial charge in [-0.15, -0.1) is 0 Å². The number of fused-ring (bicyclic) bond motifs is 4. The Kier molecular flexibility index (Phi) is 7.09. The molecule has 226 valence electrons. The molecule has 0 heterocycles. The monoisotopic (exact) mass is 684 g/mol. The van der Waals surface area contributed by atoms with E-state index in [1.807, 2.05) is 6.07 Å². The molecule has 2 aliphatic rings. The summed E-state index contributed by atoms with van der Waals surface area (Å²) >= 11 is 1.99. The van der Waals surface area contributed by atoms with E-state index in [1.54, 1.807) is 0 Å². The van der Waals surface area contributed by atoms with Crippen molar-refractivity contribution in [1.29, 1.82) is 0 Å². The van der Waals surface area contributed by atoms with Gasteiger partial charge >= 0.3 is 277 Å². The Hall–Kier alpha value is -3.12. The summed E-state index contributed by atoms with van der Waals surface area (Å²) in [6, 6.07) is 39.2. The summed E-state index contributed by atoms with van der Waals surface area (Å²) in [5, 5.41) is 3.34. The van der Waals surface area contributed by atoms with Crippen molar-refractivity contribution in [3.8, 4) is 11.1 Å². The van der Waals surface area contributed by atoms with Gasteiger partial charge in [0.1, 0.15) is 0 Å². The Labute approximate surface area is 275 Å². The number of halogens is 1. The zero-order valence-electron chi connectivity index (χ0n) is 27.4. The van der Waals surface area contributed by atoms with Crippen LogP contribution in [0, 0.1) is 0 Å². The third-order valence-corrected chi connectivity index (χ3v) is 28.9. The molecule has 0 saturated carbocycles. The van der Waals surface area contributed by atoms with E-state index in [1.165, 1.54) is 50.7 Å². The van der Waals surface area contributed by atoms with Gasteiger partial charge in [-0.2, -0.15) is 0 Å². The van der Waals surface area contributed by atoms with Crippen molar-refractivity contribution < 1.29 is 18.3 Å². The zero-order chi connectivity index (χ0) is 31.8. The molecule has 0 unspecified atom stereocenters. The second-order valence-electron chi connectivity index (χ2n) is 15.5. The maximum absolute atomic E-state index is 6.94. The van der Waals surface area contributed by atoms with Crippen LogP contribution in [0.15, 0.2) is 127 Å². The first-order valence-corrected chi connectivity index (χ1v) is 23.6. The second kappa shape index (κ2) is 10.5. The fourth-order valence-electron chi connectivity index (χ4n) is 8.40. The van der Waals surface area contributed by atoms with Crippen LogP contribution < -0.4 is 6.54 Å². The van der Waals surface area contributed by atoms with E-state index in [0.717, 1.165) is 5.02 Å². The van der Waals surface area contributed by atoms with E-state index in [0.29, 0.717) is 0 Å². The fourth-order valence-corrected chi connectivity index (χ4v) is 27.1. The van der Waals surface area contributed by atoms with Crippen molar-refractivity contribution in [3.63, 3.8) is 0 Å². The van der Waals surface area contributed by atoms with Crippen LogP contribution in [0.5, 0.6) is 0 Å². The van der Waals surface area contributed by atoms with Crippen molar-refractivity contribution in [3.05, 3.63) is 155 Å². The number of allylic oxidation sites excluding steroid dienone is 4. The predicted octanol–water partition coefficient (Wildman–Crippen LogP) is 10.8. The Balaban J connectivity index is 1.71. The number of hydrogen-bond acceptors (Lipinski definition) is 0. The van der Waals surface area contributed by atoms with Crippen molar-refractivity contribution in [2.75, 3.05) is 0 Å². The van der Waals surface area contributed by atoms with Crippen LogP contribution in [-0.2, 0) is 29.1 Å². The van der Waals surface area contributed by atoms with Crippen LogP contribution in [-0.4, -0.2) is 4.21 Å². The van der Waals surface area contributed by atoms with E-state index in [-0.39, 0.29) is 18.1 Å². The van der Waals surface area contributed by atoms with Crippen molar-refractivity contribution in [1.82, 2.24) is 0 Å². The van der Waals surface area contributed by atoms with Crippen LogP contribution in [0.2, 0.25) is 8.65 Å². The molecule has 0 amide bonds. The molecule has 0 nitrogen and oxygen atoms in total. The first-order chi connectivity index (χ1) is 21.3. The second-order valence-corrected chi connectivity index (χ2v) is 29.8. The van der Waals surface area contributed by atoms with Gasteiger partial charge in [-0.05, 0) is 0 Å². The van der Waals surface area contributed by atoms with E-state index in [4.69, 9.17) is 15.8 Å². The number of hydrogen-bond donors (Lipinski definition) is 0. The maximum atomic E-state index is 6.94. The molecule has 7 rings (SSSR count). The molecule has 0 N–H and O–H groups in total. The van der Waals surface area contributed by atoms with Crippen LogP contribution in [0.25, 0.3) is 21.9 Å². The predicted molar refractivity (Wildman–Crippen MR) is 195 cm³/mol. The number of rotatable bonds is 4. The molecule has 0 saturated heterocycles. The molecular weight excluding hydrogens is 643 g/mol. The summed E-state index contributed by atoms with van der Waals surface area (Å²) in [5.74, 6) is 0. The van der Waals surface area contributed by atoms with Gasteiger partial charge in [0, 0.05) is 0 Å². The molecule has 2 heteroatoms. The molecule has 5 aromatic rings. The van der Waals surface area contributed by atoms with Crippen LogP contribution in [0.1, 0.15) is 67.4 Å². The summed E-state index contributed by atoms with van der Waals surface area (Å²) < 4.78 is 8.81. The van der Waals surface area contributed by atoms with Gasteiger partial charge in [0.15, 0.2) is 0 Å². The van der Waals surface area contributed by atoms with Crippen LogP contribution >= 0.6 is 11.6 Å². The quantitative estimate of drug-likeness (QED) is 0.177. The van der Waals surface area contributed by atoms with Gasteiger partial charge in [0.05, 0.1) is 0 Å². The molecule has 0 fully saturated rings. The third kappa shape index (κ3) is 4.52. The topological polar surface area (TPSA) is 0 Å². The first kappa shape index (κ1) is 30.5. The van der Waals surface area contributed by atoms with Gasteiger partial charge in [-0.3, -0.25) is 0 Å². The molecular formula is C43H43ClZr. The molecule has 0 radical (unpaired) electrons. The van der Waals surface area contributed by atoms with Crippen molar-refractivity contribution >= 4 is 33.1 Å². The number of benzene rings is 5. The van der Waals surface area contributed by atoms with Crippen LogP contribution in [0.4, 0.5) is 0 Å². The van der Waals surface area contributed by atoms with Gasteiger partial charge in [-0.25, -0.2) is 0 Å². The van der Waals surface area contributed by atoms with Crippen molar-refractivity contribution in [2.45, 2.75) is 59.6 Å². The van der Waals surface area contributed by atoms with Crippen molar-refractivity contribution in [2.24, 2.45) is 0 Å². The Morgan fingerprint density at radius 1 is 0.622 bits per heavy atom. The van der Waals surface area contributed by atoms with Gasteiger partial charge in [0.2, 0.25) is 0 Å². The average Bonchev–Trinajstić information content (AvgIpc) is 3.67. The van der Waals surface area contributed by atoms with Gasteiger partial charge in [-0.1, -0.05) is 0 Å². The zero-order valence-corrected chi connectivity index (χ0v) is 30.6. The molecule has 45 heavy (non-hydrogen) atoms. The van der Waals surface area contributed by atoms with E-state index >= 15 is 0 Å². The van der Waals surface area contributed by atoms with Gasteiger partial charge in [0.25, 0.3) is 0 Å².